The number of fused-ring (bicyclic) bond motifs is 1. The van der Waals surface area contributed by atoms with Crippen molar-refractivity contribution in [2.75, 3.05) is 26.2 Å². The maximum atomic E-state index is 12.1. The molecule has 148 valence electrons. The molecule has 1 aliphatic rings. The lowest BCUT2D eigenvalue weighted by molar-refractivity contribution is 0.0946. The highest BCUT2D eigenvalue weighted by molar-refractivity contribution is 7.19. The van der Waals surface area contributed by atoms with Gasteiger partial charge in [-0.1, -0.05) is 23.4 Å². The predicted molar refractivity (Wildman–Crippen MR) is 109 cm³/mol. The second kappa shape index (κ2) is 8.81. The Labute approximate surface area is 168 Å². The number of aliphatic hydroxyl groups is 1. The number of likely N-dealkylation sites (tertiary alicyclic amines) is 1. The lowest BCUT2D eigenvalue weighted by atomic mass is 10.1. The smallest absolute Gasteiger partial charge is 0.273 e. The number of rotatable bonds is 7. The van der Waals surface area contributed by atoms with E-state index in [0.29, 0.717) is 18.7 Å². The minimum atomic E-state index is -0.238. The van der Waals surface area contributed by atoms with Gasteiger partial charge in [-0.25, -0.2) is 4.68 Å². The molecule has 0 saturated carbocycles. The molecule has 0 bridgehead atoms. The molecule has 3 aromatic rings. The van der Waals surface area contributed by atoms with Gasteiger partial charge in [0, 0.05) is 35.8 Å². The maximum Gasteiger partial charge on any atom is 0.273 e. The summed E-state index contributed by atoms with van der Waals surface area (Å²) in [6.07, 6.45) is 4.42. The van der Waals surface area contributed by atoms with Crippen LogP contribution in [0.1, 0.15) is 40.7 Å². The summed E-state index contributed by atoms with van der Waals surface area (Å²) in [7, 11) is 0. The molecule has 2 aromatic heterocycles. The van der Waals surface area contributed by atoms with Gasteiger partial charge in [0.25, 0.3) is 5.91 Å². The highest BCUT2D eigenvalue weighted by Crippen LogP contribution is 2.28. The lowest BCUT2D eigenvalue weighted by Gasteiger charge is -2.32. The summed E-state index contributed by atoms with van der Waals surface area (Å²) in [5, 5.41) is 21.1. The third-order valence-electron chi connectivity index (χ3n) is 5.07. The van der Waals surface area contributed by atoms with Gasteiger partial charge in [-0.05, 0) is 43.3 Å². The highest BCUT2D eigenvalue weighted by Gasteiger charge is 2.24. The predicted octanol–water partition coefficient (Wildman–Crippen LogP) is 2.44. The van der Waals surface area contributed by atoms with Gasteiger partial charge in [-0.2, -0.15) is 0 Å². The molecule has 0 radical (unpaired) electrons. The van der Waals surface area contributed by atoms with E-state index in [1.807, 2.05) is 16.0 Å². The monoisotopic (exact) mass is 399 g/mol. The molecule has 1 amide bonds. The Kier molecular flexibility index (Phi) is 5.99. The third-order valence-corrected chi connectivity index (χ3v) is 6.17. The van der Waals surface area contributed by atoms with Crippen LogP contribution in [0, 0.1) is 0 Å². The average Bonchev–Trinajstić information content (AvgIpc) is 3.35. The summed E-state index contributed by atoms with van der Waals surface area (Å²) in [6, 6.07) is 11.0. The van der Waals surface area contributed by atoms with E-state index in [1.54, 1.807) is 6.20 Å². The number of hydrogen-bond acceptors (Lipinski definition) is 6. The number of nitrogens with one attached hydrogen (secondary N) is 1. The summed E-state index contributed by atoms with van der Waals surface area (Å²) in [5.41, 5.74) is 0.333. The Bertz CT molecular complexity index is 904. The zero-order valence-electron chi connectivity index (χ0n) is 15.8. The van der Waals surface area contributed by atoms with Crippen molar-refractivity contribution in [3.63, 3.8) is 0 Å². The van der Waals surface area contributed by atoms with Crippen molar-refractivity contribution in [1.82, 2.24) is 25.2 Å². The molecule has 0 unspecified atom stereocenters. The molecule has 8 heteroatoms. The molecular formula is C20H25N5O2S. The van der Waals surface area contributed by atoms with Gasteiger partial charge < -0.3 is 10.4 Å². The number of nitrogens with zero attached hydrogens (tertiary/aromatic N) is 4. The van der Waals surface area contributed by atoms with Crippen LogP contribution in [-0.2, 0) is 6.54 Å². The zero-order chi connectivity index (χ0) is 19.3. The summed E-state index contributed by atoms with van der Waals surface area (Å²) >= 11 is 1.86. The molecule has 0 spiro atoms. The van der Waals surface area contributed by atoms with Crippen molar-refractivity contribution >= 4 is 27.3 Å². The molecule has 1 saturated heterocycles. The van der Waals surface area contributed by atoms with E-state index in [4.69, 9.17) is 5.11 Å². The minimum Gasteiger partial charge on any atom is -0.396 e. The molecule has 1 aliphatic heterocycles. The van der Waals surface area contributed by atoms with Crippen LogP contribution in [0.3, 0.4) is 0 Å². The Morgan fingerprint density at radius 2 is 2.25 bits per heavy atom. The number of aliphatic hydroxyl groups excluding tert-OH is 1. The molecule has 1 aromatic carbocycles. The largest absolute Gasteiger partial charge is 0.396 e. The fourth-order valence-corrected chi connectivity index (χ4v) is 4.76. The first-order valence-corrected chi connectivity index (χ1v) is 10.6. The van der Waals surface area contributed by atoms with Gasteiger partial charge in [0.15, 0.2) is 5.69 Å². The Morgan fingerprint density at radius 3 is 3.11 bits per heavy atom. The number of benzene rings is 1. The SMILES string of the molecule is O=C(NCCCO)c1cn([C@H]2CCCN(Cc3cc4ccccc4s3)C2)nn1. The first-order valence-electron chi connectivity index (χ1n) is 9.73. The fourth-order valence-electron chi connectivity index (χ4n) is 3.66. The summed E-state index contributed by atoms with van der Waals surface area (Å²) in [6.45, 7) is 3.43. The van der Waals surface area contributed by atoms with Crippen molar-refractivity contribution in [1.29, 1.82) is 0 Å². The van der Waals surface area contributed by atoms with Gasteiger partial charge in [0.2, 0.25) is 0 Å². The van der Waals surface area contributed by atoms with Gasteiger partial charge in [0.1, 0.15) is 0 Å². The number of piperidine rings is 1. The minimum absolute atomic E-state index is 0.0602. The number of amides is 1. The first-order chi connectivity index (χ1) is 13.7. The van der Waals surface area contributed by atoms with E-state index in [-0.39, 0.29) is 18.6 Å². The van der Waals surface area contributed by atoms with E-state index < -0.39 is 0 Å². The van der Waals surface area contributed by atoms with E-state index in [2.05, 4.69) is 50.9 Å². The molecule has 1 fully saturated rings. The second-order valence-electron chi connectivity index (χ2n) is 7.20. The number of carbonyl (C=O) groups is 1. The average molecular weight is 400 g/mol. The quantitative estimate of drug-likeness (QED) is 0.596. The Morgan fingerprint density at radius 1 is 1.36 bits per heavy atom. The summed E-state index contributed by atoms with van der Waals surface area (Å²) in [5.74, 6) is -0.238. The molecular weight excluding hydrogens is 374 g/mol. The van der Waals surface area contributed by atoms with Crippen LogP contribution in [0.2, 0.25) is 0 Å². The Hall–Kier alpha value is -2.29. The van der Waals surface area contributed by atoms with Crippen LogP contribution in [0.5, 0.6) is 0 Å². The molecule has 0 aliphatic carbocycles. The number of hydrogen-bond donors (Lipinski definition) is 2. The van der Waals surface area contributed by atoms with Crippen LogP contribution in [-0.4, -0.2) is 57.1 Å². The third kappa shape index (κ3) is 4.40. The molecule has 3 heterocycles. The van der Waals surface area contributed by atoms with Crippen molar-refractivity contribution in [2.24, 2.45) is 0 Å². The molecule has 4 rings (SSSR count). The molecule has 28 heavy (non-hydrogen) atoms. The van der Waals surface area contributed by atoms with Gasteiger partial charge in [0.05, 0.1) is 12.2 Å². The van der Waals surface area contributed by atoms with Crippen LogP contribution in [0.15, 0.2) is 36.5 Å². The standard InChI is InChI=1S/C20H25N5O2S/c26-10-4-8-21-20(27)18-14-25(23-22-18)16-6-3-9-24(12-16)13-17-11-15-5-1-2-7-19(15)28-17/h1-2,5,7,11,14,16,26H,3-4,6,8-10,12-13H2,(H,21,27)/t16-/m0/s1. The van der Waals surface area contributed by atoms with Crippen molar-refractivity contribution in [3.8, 4) is 0 Å². The van der Waals surface area contributed by atoms with Gasteiger partial charge in [-0.3, -0.25) is 9.69 Å². The number of carbonyl (C=O) groups excluding carboxylic acids is 1. The van der Waals surface area contributed by atoms with E-state index in [0.717, 1.165) is 32.5 Å². The van der Waals surface area contributed by atoms with E-state index in [9.17, 15) is 4.79 Å². The van der Waals surface area contributed by atoms with Crippen LogP contribution in [0.25, 0.3) is 10.1 Å². The first kappa shape index (κ1) is 19.0. The fraction of sp³-hybridized carbons (Fsp3) is 0.450. The van der Waals surface area contributed by atoms with Crippen LogP contribution in [0.4, 0.5) is 0 Å². The van der Waals surface area contributed by atoms with E-state index in [1.165, 1.54) is 15.0 Å². The number of thiophene rings is 1. The zero-order valence-corrected chi connectivity index (χ0v) is 16.6. The van der Waals surface area contributed by atoms with Crippen molar-refractivity contribution < 1.29 is 9.90 Å². The second-order valence-corrected chi connectivity index (χ2v) is 8.37. The molecule has 2 N–H and O–H groups in total. The normalized spacial score (nSPS) is 17.8. The molecule has 1 atom stereocenters. The van der Waals surface area contributed by atoms with Gasteiger partial charge >= 0.3 is 0 Å². The van der Waals surface area contributed by atoms with Gasteiger partial charge in [-0.15, -0.1) is 16.4 Å². The van der Waals surface area contributed by atoms with Crippen LogP contribution < -0.4 is 5.32 Å². The van der Waals surface area contributed by atoms with Crippen LogP contribution >= 0.6 is 11.3 Å². The number of aromatic nitrogens is 3. The topological polar surface area (TPSA) is 83.3 Å². The van der Waals surface area contributed by atoms with E-state index >= 15 is 0 Å². The highest BCUT2D eigenvalue weighted by atomic mass is 32.1. The van der Waals surface area contributed by atoms with Crippen molar-refractivity contribution in [3.05, 3.63) is 47.1 Å². The lowest BCUT2D eigenvalue weighted by Crippen LogP contribution is -2.36. The van der Waals surface area contributed by atoms with Crippen molar-refractivity contribution in [2.45, 2.75) is 31.8 Å². The molecule has 7 nitrogen and oxygen atoms in total. The summed E-state index contributed by atoms with van der Waals surface area (Å²) in [4.78, 5) is 15.9. The Balaban J connectivity index is 1.37. The maximum absolute atomic E-state index is 12.1. The summed E-state index contributed by atoms with van der Waals surface area (Å²) < 4.78 is 3.16.